The topological polar surface area (TPSA) is 29.1 Å². The summed E-state index contributed by atoms with van der Waals surface area (Å²) in [5.41, 5.74) is 1.69. The van der Waals surface area contributed by atoms with Crippen LogP contribution in [0.15, 0.2) is 23.1 Å². The molecule has 0 aromatic heterocycles. The van der Waals surface area contributed by atoms with Crippen LogP contribution in [0.3, 0.4) is 0 Å². The number of carbonyl (C=O) groups is 1. The number of benzene rings is 1. The molecule has 1 amide bonds. The average molecular weight is 255 g/mol. The predicted octanol–water partition coefficient (Wildman–Crippen LogP) is 2.77. The van der Waals surface area contributed by atoms with Gasteiger partial charge in [0, 0.05) is 22.3 Å². The normalized spacial score (nSPS) is 12.2. The summed E-state index contributed by atoms with van der Waals surface area (Å²) in [6.07, 6.45) is 2.03. The molecule has 0 radical (unpaired) electrons. The van der Waals surface area contributed by atoms with Gasteiger partial charge in [-0.15, -0.1) is 12.6 Å². The van der Waals surface area contributed by atoms with E-state index in [0.29, 0.717) is 5.56 Å². The Kier molecular flexibility index (Phi) is 5.22. The van der Waals surface area contributed by atoms with Crippen molar-refractivity contribution in [1.29, 1.82) is 0 Å². The maximum atomic E-state index is 11.9. The highest BCUT2D eigenvalue weighted by atomic mass is 32.2. The lowest BCUT2D eigenvalue weighted by molar-refractivity contribution is 0.0943. The van der Waals surface area contributed by atoms with Crippen LogP contribution in [0.2, 0.25) is 0 Å². The molecule has 2 nitrogen and oxygen atoms in total. The first-order valence-electron chi connectivity index (χ1n) is 5.14. The second-order valence-electron chi connectivity index (χ2n) is 3.83. The first-order valence-corrected chi connectivity index (χ1v) is 6.98. The molecule has 0 fully saturated rings. The molecule has 1 N–H and O–H groups in total. The molecule has 0 spiro atoms. The minimum Gasteiger partial charge on any atom is -0.349 e. The van der Waals surface area contributed by atoms with Crippen molar-refractivity contribution in [2.45, 2.75) is 24.8 Å². The molecule has 0 saturated carbocycles. The highest BCUT2D eigenvalue weighted by molar-refractivity contribution is 7.98. The Bertz CT molecular complexity index is 379. The van der Waals surface area contributed by atoms with Gasteiger partial charge in [0.15, 0.2) is 0 Å². The Morgan fingerprint density at radius 2 is 2.25 bits per heavy atom. The quantitative estimate of drug-likeness (QED) is 0.810. The number of aryl methyl sites for hydroxylation is 1. The zero-order valence-corrected chi connectivity index (χ0v) is 11.5. The van der Waals surface area contributed by atoms with Gasteiger partial charge in [-0.1, -0.05) is 6.07 Å². The Labute approximate surface area is 107 Å². The maximum Gasteiger partial charge on any atom is 0.251 e. The van der Waals surface area contributed by atoms with Gasteiger partial charge in [-0.2, -0.15) is 11.8 Å². The van der Waals surface area contributed by atoms with E-state index in [0.717, 1.165) is 16.2 Å². The van der Waals surface area contributed by atoms with Crippen molar-refractivity contribution in [3.8, 4) is 0 Å². The van der Waals surface area contributed by atoms with Crippen LogP contribution in [-0.4, -0.2) is 24.0 Å². The molecule has 88 valence electrons. The number of hydrogen-bond donors (Lipinski definition) is 2. The summed E-state index contributed by atoms with van der Waals surface area (Å²) >= 11 is 5.97. The van der Waals surface area contributed by atoms with Crippen LogP contribution in [-0.2, 0) is 0 Å². The van der Waals surface area contributed by atoms with Gasteiger partial charge in [0.25, 0.3) is 5.91 Å². The largest absolute Gasteiger partial charge is 0.349 e. The van der Waals surface area contributed by atoms with Crippen molar-refractivity contribution in [1.82, 2.24) is 5.32 Å². The van der Waals surface area contributed by atoms with E-state index in [1.807, 2.05) is 32.2 Å². The van der Waals surface area contributed by atoms with Crippen LogP contribution in [0.25, 0.3) is 0 Å². The van der Waals surface area contributed by atoms with E-state index in [-0.39, 0.29) is 11.9 Å². The summed E-state index contributed by atoms with van der Waals surface area (Å²) in [7, 11) is 0. The van der Waals surface area contributed by atoms with Crippen LogP contribution in [0.1, 0.15) is 22.8 Å². The molecule has 1 atom stereocenters. The number of amides is 1. The molecular formula is C12H17NOS2. The van der Waals surface area contributed by atoms with Crippen LogP contribution >= 0.6 is 24.4 Å². The smallest absolute Gasteiger partial charge is 0.251 e. The highest BCUT2D eigenvalue weighted by Gasteiger charge is 2.11. The predicted molar refractivity (Wildman–Crippen MR) is 73.7 cm³/mol. The summed E-state index contributed by atoms with van der Waals surface area (Å²) in [5, 5.41) is 2.97. The molecule has 0 aliphatic carbocycles. The van der Waals surface area contributed by atoms with Gasteiger partial charge < -0.3 is 5.32 Å². The molecule has 0 saturated heterocycles. The molecular weight excluding hydrogens is 238 g/mol. The van der Waals surface area contributed by atoms with E-state index in [2.05, 4.69) is 17.9 Å². The molecule has 0 heterocycles. The molecule has 4 heteroatoms. The van der Waals surface area contributed by atoms with Gasteiger partial charge >= 0.3 is 0 Å². The standard InChI is InChI=1S/C12H17NOS2/c1-8-4-5-10(15)6-11(8)12(14)13-9(2)7-16-3/h4-6,9,15H,7H2,1-3H3,(H,13,14). The first-order chi connectivity index (χ1) is 7.54. The molecule has 1 unspecified atom stereocenters. The van der Waals surface area contributed by atoms with E-state index in [9.17, 15) is 4.79 Å². The second kappa shape index (κ2) is 6.21. The SMILES string of the molecule is CSCC(C)NC(=O)c1cc(S)ccc1C. The number of thiol groups is 1. The van der Waals surface area contributed by atoms with Gasteiger partial charge in [0.1, 0.15) is 0 Å². The van der Waals surface area contributed by atoms with Gasteiger partial charge in [-0.3, -0.25) is 4.79 Å². The lowest BCUT2D eigenvalue weighted by atomic mass is 10.1. The lowest BCUT2D eigenvalue weighted by Gasteiger charge is -2.13. The summed E-state index contributed by atoms with van der Waals surface area (Å²) in [6, 6.07) is 5.79. The third-order valence-corrected chi connectivity index (χ3v) is 3.37. The minimum absolute atomic E-state index is 0.0186. The molecule has 16 heavy (non-hydrogen) atoms. The molecule has 0 aliphatic rings. The fourth-order valence-corrected chi connectivity index (χ4v) is 2.23. The van der Waals surface area contributed by atoms with E-state index in [1.165, 1.54) is 0 Å². The Morgan fingerprint density at radius 1 is 1.56 bits per heavy atom. The molecule has 1 rings (SSSR count). The van der Waals surface area contributed by atoms with E-state index in [4.69, 9.17) is 0 Å². The zero-order valence-electron chi connectivity index (χ0n) is 9.78. The highest BCUT2D eigenvalue weighted by Crippen LogP contribution is 2.14. The number of carbonyl (C=O) groups excluding carboxylic acids is 1. The van der Waals surface area contributed by atoms with Crippen molar-refractivity contribution in [3.05, 3.63) is 29.3 Å². The zero-order chi connectivity index (χ0) is 12.1. The number of rotatable bonds is 4. The van der Waals surface area contributed by atoms with Gasteiger partial charge in [0.2, 0.25) is 0 Å². The molecule has 1 aromatic carbocycles. The molecule has 0 bridgehead atoms. The second-order valence-corrected chi connectivity index (χ2v) is 5.26. The number of thioether (sulfide) groups is 1. The summed E-state index contributed by atoms with van der Waals surface area (Å²) in [4.78, 5) is 12.8. The van der Waals surface area contributed by atoms with E-state index >= 15 is 0 Å². The van der Waals surface area contributed by atoms with Crippen molar-refractivity contribution < 1.29 is 4.79 Å². The molecule has 0 aliphatic heterocycles. The fourth-order valence-electron chi connectivity index (χ4n) is 1.45. The minimum atomic E-state index is -0.0186. The summed E-state index contributed by atoms with van der Waals surface area (Å²) in [6.45, 7) is 3.94. The first kappa shape index (κ1) is 13.5. The third-order valence-electron chi connectivity index (χ3n) is 2.26. The van der Waals surface area contributed by atoms with E-state index < -0.39 is 0 Å². The van der Waals surface area contributed by atoms with Crippen LogP contribution in [0, 0.1) is 6.92 Å². The lowest BCUT2D eigenvalue weighted by Crippen LogP contribution is -2.34. The van der Waals surface area contributed by atoms with Gasteiger partial charge in [-0.05, 0) is 37.8 Å². The van der Waals surface area contributed by atoms with E-state index in [1.54, 1.807) is 17.8 Å². The van der Waals surface area contributed by atoms with Crippen molar-refractivity contribution in [2.24, 2.45) is 0 Å². The van der Waals surface area contributed by atoms with Gasteiger partial charge in [0.05, 0.1) is 0 Å². The number of nitrogens with one attached hydrogen (secondary N) is 1. The van der Waals surface area contributed by atoms with Crippen LogP contribution in [0.5, 0.6) is 0 Å². The summed E-state index contributed by atoms with van der Waals surface area (Å²) < 4.78 is 0. The maximum absolute atomic E-state index is 11.9. The van der Waals surface area contributed by atoms with Crippen molar-refractivity contribution in [2.75, 3.05) is 12.0 Å². The van der Waals surface area contributed by atoms with Crippen molar-refractivity contribution in [3.63, 3.8) is 0 Å². The average Bonchev–Trinajstić information content (AvgIpc) is 2.21. The monoisotopic (exact) mass is 255 g/mol. The molecule has 1 aromatic rings. The Balaban J connectivity index is 2.76. The summed E-state index contributed by atoms with van der Waals surface area (Å²) in [5.74, 6) is 0.903. The Hall–Kier alpha value is -0.610. The van der Waals surface area contributed by atoms with Crippen molar-refractivity contribution >= 4 is 30.3 Å². The third kappa shape index (κ3) is 3.76. The fraction of sp³-hybridized carbons (Fsp3) is 0.417. The Morgan fingerprint density at radius 3 is 2.88 bits per heavy atom. The number of hydrogen-bond acceptors (Lipinski definition) is 3. The van der Waals surface area contributed by atoms with Crippen LogP contribution in [0.4, 0.5) is 0 Å². The van der Waals surface area contributed by atoms with Gasteiger partial charge in [-0.25, -0.2) is 0 Å². The van der Waals surface area contributed by atoms with Crippen LogP contribution < -0.4 is 5.32 Å².